The molecule has 7 nitrogen and oxygen atoms in total. The summed E-state index contributed by atoms with van der Waals surface area (Å²) in [5.74, 6) is -2.87. The fourth-order valence-electron chi connectivity index (χ4n) is 2.07. The van der Waals surface area contributed by atoms with Crippen LogP contribution in [-0.4, -0.2) is 57.1 Å². The Balaban J connectivity index is 3.61. The summed E-state index contributed by atoms with van der Waals surface area (Å²) in [5, 5.41) is 29.3. The maximum Gasteiger partial charge on any atom is 0.194 e. The van der Waals surface area contributed by atoms with E-state index < -0.39 is 53.1 Å². The van der Waals surface area contributed by atoms with Gasteiger partial charge in [-0.3, -0.25) is 14.4 Å². The quantitative estimate of drug-likeness (QED) is 0.569. The summed E-state index contributed by atoms with van der Waals surface area (Å²) < 4.78 is 5.03. The Morgan fingerprint density at radius 1 is 1.21 bits per heavy atom. The largest absolute Gasteiger partial charge is 0.481 e. The molecular formula is C12H16O7. The molecule has 0 aromatic heterocycles. The molecule has 106 valence electrons. The second kappa shape index (κ2) is 5.20. The van der Waals surface area contributed by atoms with Gasteiger partial charge in [0.05, 0.1) is 12.2 Å². The third kappa shape index (κ3) is 2.32. The standard InChI is InChI=1S/C12H16O7/c1-5(14)9-10(6(2)15)19-8(4-13)11(17)12(9,18)7(3)16/h8,11,13,17-18H,4H2,1-3H3/t8-,11-,12-/m1/s1. The lowest BCUT2D eigenvalue weighted by Crippen LogP contribution is -2.61. The molecule has 0 bridgehead atoms. The van der Waals surface area contributed by atoms with Gasteiger partial charge in [-0.15, -0.1) is 0 Å². The summed E-state index contributed by atoms with van der Waals surface area (Å²) in [6.07, 6.45) is -3.20. The van der Waals surface area contributed by atoms with Crippen molar-refractivity contribution < 1.29 is 34.4 Å². The zero-order chi connectivity index (χ0) is 15.0. The van der Waals surface area contributed by atoms with E-state index in [0.717, 1.165) is 20.8 Å². The maximum absolute atomic E-state index is 11.6. The molecule has 0 amide bonds. The smallest absolute Gasteiger partial charge is 0.194 e. The molecule has 7 heteroatoms. The molecule has 0 saturated carbocycles. The van der Waals surface area contributed by atoms with Gasteiger partial charge >= 0.3 is 0 Å². The maximum atomic E-state index is 11.6. The Labute approximate surface area is 109 Å². The minimum Gasteiger partial charge on any atom is -0.481 e. The van der Waals surface area contributed by atoms with E-state index in [1.807, 2.05) is 0 Å². The van der Waals surface area contributed by atoms with Gasteiger partial charge in [0.15, 0.2) is 34.8 Å². The van der Waals surface area contributed by atoms with Crippen molar-refractivity contribution in [2.24, 2.45) is 0 Å². The zero-order valence-corrected chi connectivity index (χ0v) is 10.8. The van der Waals surface area contributed by atoms with Gasteiger partial charge in [-0.1, -0.05) is 0 Å². The van der Waals surface area contributed by atoms with Gasteiger partial charge in [0.2, 0.25) is 0 Å². The highest BCUT2D eigenvalue weighted by Crippen LogP contribution is 2.35. The number of allylic oxidation sites excluding steroid dienone is 1. The lowest BCUT2D eigenvalue weighted by Gasteiger charge is -2.40. The minimum atomic E-state index is -2.56. The van der Waals surface area contributed by atoms with Crippen LogP contribution in [0.25, 0.3) is 0 Å². The number of carbonyl (C=O) groups excluding carboxylic acids is 3. The highest BCUT2D eigenvalue weighted by atomic mass is 16.5. The van der Waals surface area contributed by atoms with Crippen molar-refractivity contribution in [3.63, 3.8) is 0 Å². The fraction of sp³-hybridized carbons (Fsp3) is 0.583. The van der Waals surface area contributed by atoms with Crippen molar-refractivity contribution >= 4 is 17.3 Å². The molecule has 0 fully saturated rings. The number of hydrogen-bond donors (Lipinski definition) is 3. The fourth-order valence-corrected chi connectivity index (χ4v) is 2.07. The highest BCUT2D eigenvalue weighted by molar-refractivity contribution is 6.10. The molecule has 0 aromatic rings. The SMILES string of the molecule is CC(=O)C1=C(C(C)=O)[C@](O)(C(C)=O)[C@H](O)[C@@H](CO)O1. The van der Waals surface area contributed by atoms with Crippen molar-refractivity contribution in [3.8, 4) is 0 Å². The molecule has 1 heterocycles. The summed E-state index contributed by atoms with van der Waals surface area (Å²) in [6, 6.07) is 0. The number of Topliss-reactive ketones (excluding diaryl/α,β-unsaturated/α-hetero) is 3. The molecular weight excluding hydrogens is 256 g/mol. The number of aliphatic hydroxyl groups excluding tert-OH is 2. The second-order valence-corrected chi connectivity index (χ2v) is 4.42. The van der Waals surface area contributed by atoms with Gasteiger partial charge in [-0.05, 0) is 13.8 Å². The van der Waals surface area contributed by atoms with Gasteiger partial charge < -0.3 is 20.1 Å². The normalized spacial score (nSPS) is 30.8. The second-order valence-electron chi connectivity index (χ2n) is 4.42. The predicted molar refractivity (Wildman–Crippen MR) is 62.0 cm³/mol. The first-order valence-corrected chi connectivity index (χ1v) is 5.63. The van der Waals surface area contributed by atoms with Gasteiger partial charge in [0.1, 0.15) is 6.10 Å². The van der Waals surface area contributed by atoms with Crippen molar-refractivity contribution in [1.29, 1.82) is 0 Å². The molecule has 3 N–H and O–H groups in total. The van der Waals surface area contributed by atoms with E-state index in [0.29, 0.717) is 0 Å². The van der Waals surface area contributed by atoms with Crippen LogP contribution in [0.15, 0.2) is 11.3 Å². The first-order valence-electron chi connectivity index (χ1n) is 5.63. The molecule has 0 aliphatic carbocycles. The van der Waals surface area contributed by atoms with E-state index in [9.17, 15) is 24.6 Å². The summed E-state index contributed by atoms with van der Waals surface area (Å²) in [6.45, 7) is 2.38. The highest BCUT2D eigenvalue weighted by Gasteiger charge is 2.55. The Hall–Kier alpha value is -1.57. The number of aliphatic hydroxyl groups is 3. The van der Waals surface area contributed by atoms with E-state index in [1.54, 1.807) is 0 Å². The number of carbonyl (C=O) groups is 3. The minimum absolute atomic E-state index is 0.505. The molecule has 1 rings (SSSR count). The van der Waals surface area contributed by atoms with Crippen LogP contribution in [0.2, 0.25) is 0 Å². The third-order valence-corrected chi connectivity index (χ3v) is 3.05. The van der Waals surface area contributed by atoms with Gasteiger partial charge in [-0.25, -0.2) is 0 Å². The van der Waals surface area contributed by atoms with Gasteiger partial charge in [0.25, 0.3) is 0 Å². The van der Waals surface area contributed by atoms with Crippen LogP contribution in [0, 0.1) is 0 Å². The van der Waals surface area contributed by atoms with Crippen LogP contribution in [0.3, 0.4) is 0 Å². The first-order chi connectivity index (χ1) is 8.67. The van der Waals surface area contributed by atoms with E-state index in [4.69, 9.17) is 9.84 Å². The van der Waals surface area contributed by atoms with Gasteiger partial charge in [-0.2, -0.15) is 0 Å². The summed E-state index contributed by atoms with van der Waals surface area (Å²) in [4.78, 5) is 34.7. The van der Waals surface area contributed by atoms with Crippen molar-refractivity contribution in [2.45, 2.75) is 38.6 Å². The monoisotopic (exact) mass is 272 g/mol. The van der Waals surface area contributed by atoms with E-state index in [2.05, 4.69) is 0 Å². The molecule has 0 unspecified atom stereocenters. The molecule has 0 radical (unpaired) electrons. The lowest BCUT2D eigenvalue weighted by molar-refractivity contribution is -0.169. The Morgan fingerprint density at radius 3 is 2.05 bits per heavy atom. The average Bonchev–Trinajstić information content (AvgIpc) is 2.30. The van der Waals surface area contributed by atoms with Crippen molar-refractivity contribution in [3.05, 3.63) is 11.3 Å². The zero-order valence-electron chi connectivity index (χ0n) is 10.8. The van der Waals surface area contributed by atoms with Crippen LogP contribution < -0.4 is 0 Å². The molecule has 1 aliphatic heterocycles. The molecule has 0 saturated heterocycles. The Kier molecular flexibility index (Phi) is 4.24. The molecule has 3 atom stereocenters. The number of hydrogen-bond acceptors (Lipinski definition) is 7. The van der Waals surface area contributed by atoms with E-state index >= 15 is 0 Å². The first kappa shape index (κ1) is 15.5. The summed E-state index contributed by atoms with van der Waals surface area (Å²) in [7, 11) is 0. The Morgan fingerprint density at radius 2 is 1.74 bits per heavy atom. The Bertz CT molecular complexity index is 465. The number of rotatable bonds is 4. The van der Waals surface area contributed by atoms with Crippen LogP contribution in [0.1, 0.15) is 20.8 Å². The molecule has 0 aromatic carbocycles. The van der Waals surface area contributed by atoms with Crippen molar-refractivity contribution in [2.75, 3.05) is 6.61 Å². The topological polar surface area (TPSA) is 121 Å². The van der Waals surface area contributed by atoms with Crippen LogP contribution in [0.5, 0.6) is 0 Å². The number of ketones is 3. The average molecular weight is 272 g/mol. The summed E-state index contributed by atoms with van der Waals surface area (Å²) in [5.41, 5.74) is -3.14. The molecule has 0 spiro atoms. The van der Waals surface area contributed by atoms with Crippen LogP contribution in [0.4, 0.5) is 0 Å². The van der Waals surface area contributed by atoms with Gasteiger partial charge in [0, 0.05) is 6.92 Å². The summed E-state index contributed by atoms with van der Waals surface area (Å²) >= 11 is 0. The third-order valence-electron chi connectivity index (χ3n) is 3.05. The molecule has 19 heavy (non-hydrogen) atoms. The van der Waals surface area contributed by atoms with Crippen LogP contribution in [-0.2, 0) is 19.1 Å². The van der Waals surface area contributed by atoms with Crippen molar-refractivity contribution in [1.82, 2.24) is 0 Å². The number of ether oxygens (including phenoxy) is 1. The van der Waals surface area contributed by atoms with Crippen LogP contribution >= 0.6 is 0 Å². The molecule has 1 aliphatic rings. The lowest BCUT2D eigenvalue weighted by atomic mass is 9.77. The van der Waals surface area contributed by atoms with E-state index in [-0.39, 0.29) is 0 Å². The predicted octanol–water partition coefficient (Wildman–Crippen LogP) is -1.51. The van der Waals surface area contributed by atoms with E-state index in [1.165, 1.54) is 0 Å².